The van der Waals surface area contributed by atoms with E-state index in [2.05, 4.69) is 72.8 Å². The molecule has 0 saturated heterocycles. The number of halogens is 1. The Bertz CT molecular complexity index is 651. The average molecular weight is 379 g/mol. The smallest absolute Gasteiger partial charge is 0.123 e. The van der Waals surface area contributed by atoms with Gasteiger partial charge in [-0.15, -0.1) is 0 Å². The van der Waals surface area contributed by atoms with Crippen LogP contribution < -0.4 is 10.5 Å². The number of fused-ring (bicyclic) bond motifs is 1. The second-order valence-electron chi connectivity index (χ2n) is 5.96. The summed E-state index contributed by atoms with van der Waals surface area (Å²) < 4.78 is 6.94. The Morgan fingerprint density at radius 1 is 1.15 bits per heavy atom. The highest BCUT2D eigenvalue weighted by molar-refractivity contribution is 14.1. The summed E-state index contributed by atoms with van der Waals surface area (Å²) >= 11 is 2.32. The number of rotatable bonds is 2. The van der Waals surface area contributed by atoms with Gasteiger partial charge in [-0.1, -0.05) is 32.0 Å². The zero-order valence-electron chi connectivity index (χ0n) is 11.7. The minimum Gasteiger partial charge on any atom is -0.492 e. The number of hydrogen-bond acceptors (Lipinski definition) is 2. The van der Waals surface area contributed by atoms with Gasteiger partial charge in [-0.3, -0.25) is 0 Å². The van der Waals surface area contributed by atoms with Gasteiger partial charge in [-0.25, -0.2) is 0 Å². The maximum absolute atomic E-state index is 6.42. The van der Waals surface area contributed by atoms with E-state index in [1.165, 1.54) is 9.13 Å². The molecule has 1 aliphatic rings. The molecule has 0 spiro atoms. The van der Waals surface area contributed by atoms with Gasteiger partial charge in [0.05, 0.1) is 12.6 Å². The molecule has 0 saturated carbocycles. The fraction of sp³-hybridized carbons (Fsp3) is 0.294. The average Bonchev–Trinajstić information content (AvgIpc) is 2.73. The molecule has 3 heteroatoms. The molecule has 0 bridgehead atoms. The number of nitrogens with two attached hydrogens (primary N) is 1. The van der Waals surface area contributed by atoms with Crippen molar-refractivity contribution in [3.8, 4) is 5.75 Å². The van der Waals surface area contributed by atoms with E-state index in [-0.39, 0.29) is 11.5 Å². The summed E-state index contributed by atoms with van der Waals surface area (Å²) in [5.74, 6) is 0.994. The van der Waals surface area contributed by atoms with Gasteiger partial charge in [-0.2, -0.15) is 0 Å². The Labute approximate surface area is 133 Å². The first kappa shape index (κ1) is 13.9. The zero-order valence-corrected chi connectivity index (χ0v) is 13.8. The van der Waals surface area contributed by atoms with Crippen LogP contribution in [0.3, 0.4) is 0 Å². The molecule has 0 amide bonds. The molecule has 1 aliphatic heterocycles. The molecular formula is C17H18INO. The Morgan fingerprint density at radius 3 is 2.65 bits per heavy atom. The molecule has 1 unspecified atom stereocenters. The van der Waals surface area contributed by atoms with Gasteiger partial charge in [0.15, 0.2) is 0 Å². The summed E-state index contributed by atoms with van der Waals surface area (Å²) in [7, 11) is 0. The van der Waals surface area contributed by atoms with Crippen molar-refractivity contribution in [3.05, 3.63) is 62.7 Å². The topological polar surface area (TPSA) is 35.2 Å². The number of hydrogen-bond donors (Lipinski definition) is 1. The highest BCUT2D eigenvalue weighted by Gasteiger charge is 2.32. The third kappa shape index (κ3) is 2.44. The van der Waals surface area contributed by atoms with Crippen LogP contribution in [0.15, 0.2) is 42.5 Å². The fourth-order valence-corrected chi connectivity index (χ4v) is 3.19. The monoisotopic (exact) mass is 379 g/mol. The van der Waals surface area contributed by atoms with Gasteiger partial charge in [-0.05, 0) is 58.0 Å². The highest BCUT2D eigenvalue weighted by Crippen LogP contribution is 2.39. The number of ether oxygens (including phenoxy) is 1. The lowest BCUT2D eigenvalue weighted by molar-refractivity contribution is 0.291. The maximum Gasteiger partial charge on any atom is 0.123 e. The van der Waals surface area contributed by atoms with Crippen LogP contribution in [-0.4, -0.2) is 6.61 Å². The summed E-state index contributed by atoms with van der Waals surface area (Å²) in [6.07, 6.45) is 0. The minimum atomic E-state index is -0.0913. The van der Waals surface area contributed by atoms with E-state index >= 15 is 0 Å². The van der Waals surface area contributed by atoms with Gasteiger partial charge in [0.25, 0.3) is 0 Å². The Balaban J connectivity index is 1.99. The van der Waals surface area contributed by atoms with Crippen LogP contribution in [0.4, 0.5) is 0 Å². The van der Waals surface area contributed by atoms with Crippen LogP contribution in [0, 0.1) is 3.57 Å². The van der Waals surface area contributed by atoms with Gasteiger partial charge in [0.1, 0.15) is 5.75 Å². The molecule has 2 N–H and O–H groups in total. The van der Waals surface area contributed by atoms with Crippen molar-refractivity contribution in [2.24, 2.45) is 5.73 Å². The SMILES string of the molecule is CC1(C)COc2ccc(C(N)c3cccc(I)c3)cc21. The molecule has 20 heavy (non-hydrogen) atoms. The third-order valence-electron chi connectivity index (χ3n) is 3.89. The molecule has 3 rings (SSSR count). The minimum absolute atomic E-state index is 0.0656. The van der Waals surface area contributed by atoms with Crippen LogP contribution in [0.5, 0.6) is 5.75 Å². The molecule has 0 radical (unpaired) electrons. The van der Waals surface area contributed by atoms with E-state index < -0.39 is 0 Å². The predicted octanol–water partition coefficient (Wildman–Crippen LogP) is 4.01. The molecule has 2 aromatic carbocycles. The summed E-state index contributed by atoms with van der Waals surface area (Å²) in [6.45, 7) is 5.16. The van der Waals surface area contributed by atoms with Gasteiger partial charge >= 0.3 is 0 Å². The first-order valence-electron chi connectivity index (χ1n) is 6.76. The standard InChI is InChI=1S/C17H18INO/c1-17(2)10-20-15-7-6-12(9-14(15)17)16(19)11-4-3-5-13(18)8-11/h3-9,16H,10,19H2,1-2H3. The van der Waals surface area contributed by atoms with Gasteiger partial charge < -0.3 is 10.5 Å². The van der Waals surface area contributed by atoms with Crippen LogP contribution in [0.1, 0.15) is 36.6 Å². The molecule has 104 valence electrons. The quantitative estimate of drug-likeness (QED) is 0.801. The van der Waals surface area contributed by atoms with E-state index in [9.17, 15) is 0 Å². The first-order valence-corrected chi connectivity index (χ1v) is 7.83. The number of benzene rings is 2. The lowest BCUT2D eigenvalue weighted by atomic mass is 9.85. The Hall–Kier alpha value is -1.07. The van der Waals surface area contributed by atoms with Crippen molar-refractivity contribution in [1.82, 2.24) is 0 Å². The lowest BCUT2D eigenvalue weighted by Crippen LogP contribution is -2.19. The Kier molecular flexibility index (Phi) is 3.50. The van der Waals surface area contributed by atoms with Crippen LogP contribution in [0.2, 0.25) is 0 Å². The van der Waals surface area contributed by atoms with Crippen molar-refractivity contribution >= 4 is 22.6 Å². The van der Waals surface area contributed by atoms with Crippen molar-refractivity contribution in [3.63, 3.8) is 0 Å². The molecular weight excluding hydrogens is 361 g/mol. The summed E-state index contributed by atoms with van der Waals surface area (Å²) in [4.78, 5) is 0. The van der Waals surface area contributed by atoms with Crippen molar-refractivity contribution in [2.75, 3.05) is 6.61 Å². The molecule has 1 heterocycles. The first-order chi connectivity index (χ1) is 9.47. The fourth-order valence-electron chi connectivity index (χ4n) is 2.62. The van der Waals surface area contributed by atoms with Crippen molar-refractivity contribution < 1.29 is 4.74 Å². The van der Waals surface area contributed by atoms with Gasteiger partial charge in [0, 0.05) is 14.5 Å². The molecule has 2 nitrogen and oxygen atoms in total. The normalized spacial score (nSPS) is 17.4. The largest absolute Gasteiger partial charge is 0.492 e. The Morgan fingerprint density at radius 2 is 1.90 bits per heavy atom. The van der Waals surface area contributed by atoms with E-state index in [4.69, 9.17) is 10.5 Å². The van der Waals surface area contributed by atoms with Gasteiger partial charge in [0.2, 0.25) is 0 Å². The van der Waals surface area contributed by atoms with Crippen molar-refractivity contribution in [1.29, 1.82) is 0 Å². The highest BCUT2D eigenvalue weighted by atomic mass is 127. The summed E-state index contributed by atoms with van der Waals surface area (Å²) in [5.41, 5.74) is 10.0. The van der Waals surface area contributed by atoms with E-state index in [0.29, 0.717) is 0 Å². The van der Waals surface area contributed by atoms with E-state index in [0.717, 1.165) is 23.5 Å². The van der Waals surface area contributed by atoms with E-state index in [1.54, 1.807) is 0 Å². The zero-order chi connectivity index (χ0) is 14.3. The third-order valence-corrected chi connectivity index (χ3v) is 4.56. The van der Waals surface area contributed by atoms with Crippen molar-refractivity contribution in [2.45, 2.75) is 25.3 Å². The van der Waals surface area contributed by atoms with Crippen LogP contribution >= 0.6 is 22.6 Å². The predicted molar refractivity (Wildman–Crippen MR) is 90.2 cm³/mol. The molecule has 2 aromatic rings. The summed E-state index contributed by atoms with van der Waals surface area (Å²) in [6, 6.07) is 14.6. The van der Waals surface area contributed by atoms with Crippen LogP contribution in [-0.2, 0) is 5.41 Å². The molecule has 1 atom stereocenters. The van der Waals surface area contributed by atoms with E-state index in [1.807, 2.05) is 6.07 Å². The summed E-state index contributed by atoms with van der Waals surface area (Å²) in [5, 5.41) is 0. The molecule has 0 aromatic heterocycles. The molecule has 0 aliphatic carbocycles. The lowest BCUT2D eigenvalue weighted by Gasteiger charge is -2.18. The van der Waals surface area contributed by atoms with Crippen LogP contribution in [0.25, 0.3) is 0 Å². The second-order valence-corrected chi connectivity index (χ2v) is 7.21. The maximum atomic E-state index is 6.42. The second kappa shape index (κ2) is 5.04. The molecule has 0 fully saturated rings.